The minimum Gasteiger partial charge on any atom is -0.375 e. The summed E-state index contributed by atoms with van der Waals surface area (Å²) in [4.78, 5) is 2.75. The SMILES string of the molecule is CCC1(C)CC(N(CC(C)C)CC2CCCN2)CCO1. The van der Waals surface area contributed by atoms with Crippen molar-refractivity contribution in [3.63, 3.8) is 0 Å². The number of nitrogens with one attached hydrogen (secondary N) is 1. The van der Waals surface area contributed by atoms with Crippen molar-refractivity contribution < 1.29 is 4.74 Å². The number of ether oxygens (including phenoxy) is 1. The summed E-state index contributed by atoms with van der Waals surface area (Å²) >= 11 is 0. The van der Waals surface area contributed by atoms with Gasteiger partial charge in [-0.25, -0.2) is 0 Å². The van der Waals surface area contributed by atoms with E-state index in [-0.39, 0.29) is 5.60 Å². The van der Waals surface area contributed by atoms with Gasteiger partial charge in [0, 0.05) is 31.8 Å². The van der Waals surface area contributed by atoms with Gasteiger partial charge in [0.2, 0.25) is 0 Å². The normalized spacial score (nSPS) is 35.1. The molecule has 2 heterocycles. The average molecular weight is 282 g/mol. The molecule has 20 heavy (non-hydrogen) atoms. The summed E-state index contributed by atoms with van der Waals surface area (Å²) in [7, 11) is 0. The van der Waals surface area contributed by atoms with Crippen LogP contribution < -0.4 is 5.32 Å². The first-order chi connectivity index (χ1) is 9.52. The molecule has 1 N–H and O–H groups in total. The Labute approximate surface area is 125 Å². The van der Waals surface area contributed by atoms with Crippen LogP contribution in [0.3, 0.4) is 0 Å². The van der Waals surface area contributed by atoms with Crippen molar-refractivity contribution in [3.05, 3.63) is 0 Å². The Morgan fingerprint density at radius 1 is 1.35 bits per heavy atom. The first-order valence-corrected chi connectivity index (χ1v) is 8.64. The van der Waals surface area contributed by atoms with E-state index in [0.717, 1.165) is 18.9 Å². The van der Waals surface area contributed by atoms with E-state index in [1.54, 1.807) is 0 Å². The Kier molecular flexibility index (Phi) is 5.88. The van der Waals surface area contributed by atoms with Crippen LogP contribution in [0.25, 0.3) is 0 Å². The lowest BCUT2D eigenvalue weighted by molar-refractivity contribution is -0.0983. The lowest BCUT2D eigenvalue weighted by Crippen LogP contribution is -2.51. The Balaban J connectivity index is 1.97. The minimum atomic E-state index is 0.0985. The molecule has 0 aromatic carbocycles. The van der Waals surface area contributed by atoms with E-state index in [9.17, 15) is 0 Å². The van der Waals surface area contributed by atoms with Crippen LogP contribution in [0.15, 0.2) is 0 Å². The summed E-state index contributed by atoms with van der Waals surface area (Å²) in [6, 6.07) is 1.42. The van der Waals surface area contributed by atoms with Gasteiger partial charge in [-0.15, -0.1) is 0 Å². The van der Waals surface area contributed by atoms with Gasteiger partial charge >= 0.3 is 0 Å². The summed E-state index contributed by atoms with van der Waals surface area (Å²) in [6.07, 6.45) is 6.22. The molecule has 3 unspecified atom stereocenters. The quantitative estimate of drug-likeness (QED) is 0.810. The molecule has 0 radical (unpaired) electrons. The molecule has 2 rings (SSSR count). The highest BCUT2D eigenvalue weighted by Gasteiger charge is 2.35. The summed E-state index contributed by atoms with van der Waals surface area (Å²) < 4.78 is 6.03. The monoisotopic (exact) mass is 282 g/mol. The van der Waals surface area contributed by atoms with Crippen molar-refractivity contribution in [2.75, 3.05) is 26.2 Å². The highest BCUT2D eigenvalue weighted by atomic mass is 16.5. The summed E-state index contributed by atoms with van der Waals surface area (Å²) in [5.41, 5.74) is 0.0985. The van der Waals surface area contributed by atoms with E-state index in [1.165, 1.54) is 45.3 Å². The number of nitrogens with zero attached hydrogens (tertiary/aromatic N) is 1. The standard InChI is InChI=1S/C17H34N2O/c1-5-17(4)11-16(8-10-20-17)19(12-14(2)3)13-15-7-6-9-18-15/h14-16,18H,5-13H2,1-4H3. The third-order valence-corrected chi connectivity index (χ3v) is 5.05. The van der Waals surface area contributed by atoms with Crippen molar-refractivity contribution in [3.8, 4) is 0 Å². The van der Waals surface area contributed by atoms with Crippen LogP contribution >= 0.6 is 0 Å². The second-order valence-electron chi connectivity index (χ2n) is 7.44. The van der Waals surface area contributed by atoms with Gasteiger partial charge in [0.1, 0.15) is 0 Å². The number of hydrogen-bond donors (Lipinski definition) is 1. The highest BCUT2D eigenvalue weighted by Crippen LogP contribution is 2.31. The molecule has 0 aromatic rings. The van der Waals surface area contributed by atoms with E-state index >= 15 is 0 Å². The fourth-order valence-corrected chi connectivity index (χ4v) is 3.70. The molecule has 0 spiro atoms. The fraction of sp³-hybridized carbons (Fsp3) is 1.00. The van der Waals surface area contributed by atoms with Crippen LogP contribution in [0.5, 0.6) is 0 Å². The smallest absolute Gasteiger partial charge is 0.0666 e. The molecule has 0 bridgehead atoms. The second kappa shape index (κ2) is 7.24. The van der Waals surface area contributed by atoms with Gasteiger partial charge in [0.25, 0.3) is 0 Å². The summed E-state index contributed by atoms with van der Waals surface area (Å²) in [6.45, 7) is 13.8. The zero-order chi connectivity index (χ0) is 14.6. The van der Waals surface area contributed by atoms with E-state index in [1.807, 2.05) is 0 Å². The van der Waals surface area contributed by atoms with Crippen molar-refractivity contribution in [1.29, 1.82) is 0 Å². The van der Waals surface area contributed by atoms with Gasteiger partial charge in [-0.3, -0.25) is 4.90 Å². The molecule has 118 valence electrons. The highest BCUT2D eigenvalue weighted by molar-refractivity contribution is 4.89. The zero-order valence-electron chi connectivity index (χ0n) is 14.0. The molecule has 2 saturated heterocycles. The maximum absolute atomic E-state index is 6.03. The van der Waals surface area contributed by atoms with Gasteiger partial charge in [-0.2, -0.15) is 0 Å². The van der Waals surface area contributed by atoms with Crippen LogP contribution in [0.1, 0.15) is 59.8 Å². The molecular formula is C17H34N2O. The van der Waals surface area contributed by atoms with Gasteiger partial charge < -0.3 is 10.1 Å². The minimum absolute atomic E-state index is 0.0985. The Hall–Kier alpha value is -0.120. The van der Waals surface area contributed by atoms with E-state index < -0.39 is 0 Å². The fourth-order valence-electron chi connectivity index (χ4n) is 3.70. The van der Waals surface area contributed by atoms with Gasteiger partial charge in [0.05, 0.1) is 5.60 Å². The van der Waals surface area contributed by atoms with Crippen LogP contribution in [-0.2, 0) is 4.74 Å². The third kappa shape index (κ3) is 4.44. The van der Waals surface area contributed by atoms with Crippen LogP contribution in [-0.4, -0.2) is 48.8 Å². The predicted octanol–water partition coefficient (Wildman–Crippen LogP) is 3.04. The topological polar surface area (TPSA) is 24.5 Å². The molecule has 3 nitrogen and oxygen atoms in total. The Bertz CT molecular complexity index is 289. The van der Waals surface area contributed by atoms with Crippen LogP contribution in [0.2, 0.25) is 0 Å². The molecule has 2 aliphatic heterocycles. The number of hydrogen-bond acceptors (Lipinski definition) is 3. The van der Waals surface area contributed by atoms with Crippen LogP contribution in [0.4, 0.5) is 0 Å². The molecule has 0 saturated carbocycles. The zero-order valence-corrected chi connectivity index (χ0v) is 14.0. The molecule has 0 amide bonds. The summed E-state index contributed by atoms with van der Waals surface area (Å²) in [5.74, 6) is 0.743. The Morgan fingerprint density at radius 3 is 2.75 bits per heavy atom. The van der Waals surface area contributed by atoms with Crippen molar-refractivity contribution in [2.24, 2.45) is 5.92 Å². The van der Waals surface area contributed by atoms with Crippen molar-refractivity contribution in [1.82, 2.24) is 10.2 Å². The van der Waals surface area contributed by atoms with Crippen molar-refractivity contribution >= 4 is 0 Å². The molecule has 0 aliphatic carbocycles. The van der Waals surface area contributed by atoms with Gasteiger partial charge in [0.15, 0.2) is 0 Å². The van der Waals surface area contributed by atoms with E-state index in [2.05, 4.69) is 37.9 Å². The maximum atomic E-state index is 6.03. The molecule has 0 aromatic heterocycles. The predicted molar refractivity (Wildman–Crippen MR) is 85.1 cm³/mol. The third-order valence-electron chi connectivity index (χ3n) is 5.05. The number of rotatable bonds is 6. The maximum Gasteiger partial charge on any atom is 0.0666 e. The molecular weight excluding hydrogens is 248 g/mol. The van der Waals surface area contributed by atoms with Gasteiger partial charge in [-0.1, -0.05) is 20.8 Å². The van der Waals surface area contributed by atoms with E-state index in [0.29, 0.717) is 12.1 Å². The van der Waals surface area contributed by atoms with Crippen molar-refractivity contribution in [2.45, 2.75) is 77.5 Å². The average Bonchev–Trinajstić information content (AvgIpc) is 2.90. The summed E-state index contributed by atoms with van der Waals surface area (Å²) in [5, 5.41) is 3.66. The van der Waals surface area contributed by atoms with Gasteiger partial charge in [-0.05, 0) is 51.5 Å². The molecule has 2 fully saturated rings. The van der Waals surface area contributed by atoms with E-state index in [4.69, 9.17) is 4.74 Å². The lowest BCUT2D eigenvalue weighted by Gasteiger charge is -2.44. The molecule has 3 atom stereocenters. The molecule has 3 heteroatoms. The largest absolute Gasteiger partial charge is 0.375 e. The lowest BCUT2D eigenvalue weighted by atomic mass is 9.88. The first-order valence-electron chi connectivity index (χ1n) is 8.64. The Morgan fingerprint density at radius 2 is 2.15 bits per heavy atom. The molecule has 2 aliphatic rings. The second-order valence-corrected chi connectivity index (χ2v) is 7.44. The first kappa shape index (κ1) is 16.3. The van der Waals surface area contributed by atoms with Crippen LogP contribution in [0, 0.1) is 5.92 Å².